The van der Waals surface area contributed by atoms with Crippen LogP contribution in [0.4, 0.5) is 0 Å². The summed E-state index contributed by atoms with van der Waals surface area (Å²) in [6, 6.07) is 4.04. The van der Waals surface area contributed by atoms with Gasteiger partial charge in [-0.1, -0.05) is 6.07 Å². The predicted molar refractivity (Wildman–Crippen MR) is 86.9 cm³/mol. The van der Waals surface area contributed by atoms with E-state index in [0.717, 1.165) is 36.3 Å². The number of nitrogens with zero attached hydrogens (tertiary/aromatic N) is 4. The molecular weight excluding hydrogens is 276 g/mol. The molecule has 2 aromatic heterocycles. The number of pyridine rings is 1. The molecule has 1 aliphatic carbocycles. The average Bonchev–Trinajstić information content (AvgIpc) is 3.22. The van der Waals surface area contributed by atoms with Crippen molar-refractivity contribution in [2.45, 2.75) is 26.3 Å². The Balaban J connectivity index is 1.59. The Morgan fingerprint density at radius 3 is 2.91 bits per heavy atom. The van der Waals surface area contributed by atoms with Crippen LogP contribution in [0, 0.1) is 5.92 Å². The van der Waals surface area contributed by atoms with E-state index >= 15 is 0 Å². The van der Waals surface area contributed by atoms with Gasteiger partial charge in [-0.25, -0.2) is 15.0 Å². The molecule has 0 amide bonds. The second-order valence-electron chi connectivity index (χ2n) is 5.51. The van der Waals surface area contributed by atoms with Gasteiger partial charge in [0.05, 0.1) is 6.54 Å². The van der Waals surface area contributed by atoms with Crippen LogP contribution in [-0.4, -0.2) is 33.6 Å². The molecule has 0 radical (unpaired) electrons. The van der Waals surface area contributed by atoms with Gasteiger partial charge in [-0.3, -0.25) is 4.57 Å². The summed E-state index contributed by atoms with van der Waals surface area (Å²) in [7, 11) is 0. The van der Waals surface area contributed by atoms with Crippen molar-refractivity contribution in [1.29, 1.82) is 0 Å². The van der Waals surface area contributed by atoms with Gasteiger partial charge in [0.25, 0.3) is 0 Å². The maximum absolute atomic E-state index is 4.61. The third-order valence-electron chi connectivity index (χ3n) is 3.60. The molecule has 3 rings (SSSR count). The molecule has 2 N–H and O–H groups in total. The second kappa shape index (κ2) is 7.06. The van der Waals surface area contributed by atoms with E-state index in [0.29, 0.717) is 6.54 Å². The van der Waals surface area contributed by atoms with Crippen molar-refractivity contribution < 1.29 is 0 Å². The van der Waals surface area contributed by atoms with Crippen LogP contribution in [0.15, 0.2) is 42.0 Å². The molecule has 0 saturated heterocycles. The number of nitrogens with one attached hydrogen (secondary N) is 2. The second-order valence-corrected chi connectivity index (χ2v) is 5.51. The minimum atomic E-state index is 0.622. The quantitative estimate of drug-likeness (QED) is 0.629. The fourth-order valence-corrected chi connectivity index (χ4v) is 2.13. The molecule has 0 bridgehead atoms. The van der Waals surface area contributed by atoms with E-state index < -0.39 is 0 Å². The van der Waals surface area contributed by atoms with Gasteiger partial charge in [-0.05, 0) is 37.3 Å². The lowest BCUT2D eigenvalue weighted by Crippen LogP contribution is -2.38. The first kappa shape index (κ1) is 14.6. The molecule has 0 aliphatic heterocycles. The Morgan fingerprint density at radius 2 is 2.27 bits per heavy atom. The highest BCUT2D eigenvalue weighted by molar-refractivity contribution is 5.79. The zero-order chi connectivity index (χ0) is 15.2. The third kappa shape index (κ3) is 4.07. The predicted octanol–water partition coefficient (Wildman–Crippen LogP) is 1.73. The molecule has 0 aromatic carbocycles. The Morgan fingerprint density at radius 1 is 1.36 bits per heavy atom. The average molecular weight is 298 g/mol. The highest BCUT2D eigenvalue weighted by atomic mass is 15.2. The molecule has 1 fully saturated rings. The summed E-state index contributed by atoms with van der Waals surface area (Å²) in [6.45, 7) is 4.59. The van der Waals surface area contributed by atoms with E-state index in [1.807, 2.05) is 23.0 Å². The Kier molecular flexibility index (Phi) is 4.68. The van der Waals surface area contributed by atoms with Crippen molar-refractivity contribution in [2.75, 3.05) is 13.1 Å². The minimum absolute atomic E-state index is 0.622. The van der Waals surface area contributed by atoms with Crippen LogP contribution >= 0.6 is 0 Å². The molecule has 1 saturated carbocycles. The van der Waals surface area contributed by atoms with Gasteiger partial charge in [0.15, 0.2) is 5.96 Å². The summed E-state index contributed by atoms with van der Waals surface area (Å²) >= 11 is 0. The highest BCUT2D eigenvalue weighted by Crippen LogP contribution is 2.27. The van der Waals surface area contributed by atoms with E-state index in [1.54, 1.807) is 12.5 Å². The number of aromatic nitrogens is 3. The summed E-state index contributed by atoms with van der Waals surface area (Å²) in [5, 5.41) is 6.67. The largest absolute Gasteiger partial charge is 0.357 e. The molecular formula is C16H22N6. The van der Waals surface area contributed by atoms with Crippen LogP contribution in [-0.2, 0) is 6.54 Å². The van der Waals surface area contributed by atoms with E-state index in [9.17, 15) is 0 Å². The topological polar surface area (TPSA) is 67.1 Å². The van der Waals surface area contributed by atoms with Crippen LogP contribution in [0.25, 0.3) is 5.82 Å². The first-order valence-electron chi connectivity index (χ1n) is 7.80. The van der Waals surface area contributed by atoms with E-state index in [4.69, 9.17) is 0 Å². The Bertz CT molecular complexity index is 598. The highest BCUT2D eigenvalue weighted by Gasteiger charge is 2.20. The molecule has 6 heteroatoms. The van der Waals surface area contributed by atoms with Gasteiger partial charge < -0.3 is 10.6 Å². The Labute approximate surface area is 130 Å². The van der Waals surface area contributed by atoms with Crippen LogP contribution in [0.1, 0.15) is 25.3 Å². The first-order valence-corrected chi connectivity index (χ1v) is 7.80. The third-order valence-corrected chi connectivity index (χ3v) is 3.60. The van der Waals surface area contributed by atoms with Crippen molar-refractivity contribution in [2.24, 2.45) is 10.9 Å². The fourth-order valence-electron chi connectivity index (χ4n) is 2.13. The standard InChI is InChI=1S/C16H22N6/c1-2-18-16(20-9-13-3-4-13)21-11-14-5-6-15(19-10-14)22-8-7-17-12-22/h5-8,10,12-13H,2-4,9,11H2,1H3,(H2,18,20,21). The monoisotopic (exact) mass is 298 g/mol. The molecule has 0 spiro atoms. The van der Waals surface area contributed by atoms with Gasteiger partial charge in [0.1, 0.15) is 12.1 Å². The van der Waals surface area contributed by atoms with E-state index in [2.05, 4.69) is 38.6 Å². The summed E-state index contributed by atoms with van der Waals surface area (Å²) < 4.78 is 1.88. The van der Waals surface area contributed by atoms with Crippen molar-refractivity contribution in [3.05, 3.63) is 42.6 Å². The first-order chi connectivity index (χ1) is 10.8. The molecule has 2 aromatic rings. The number of hydrogen-bond acceptors (Lipinski definition) is 3. The van der Waals surface area contributed by atoms with Gasteiger partial charge >= 0.3 is 0 Å². The molecule has 6 nitrogen and oxygen atoms in total. The van der Waals surface area contributed by atoms with Crippen molar-refractivity contribution in [3.8, 4) is 5.82 Å². The number of rotatable bonds is 6. The maximum atomic E-state index is 4.61. The van der Waals surface area contributed by atoms with Crippen LogP contribution in [0.5, 0.6) is 0 Å². The summed E-state index contributed by atoms with van der Waals surface area (Å²) in [5.74, 6) is 2.58. The maximum Gasteiger partial charge on any atom is 0.191 e. The fraction of sp³-hybridized carbons (Fsp3) is 0.438. The minimum Gasteiger partial charge on any atom is -0.357 e. The molecule has 0 atom stereocenters. The molecule has 2 heterocycles. The molecule has 1 aliphatic rings. The van der Waals surface area contributed by atoms with Gasteiger partial charge in [0, 0.05) is 31.7 Å². The lowest BCUT2D eigenvalue weighted by molar-refractivity contribution is 0.739. The lowest BCUT2D eigenvalue weighted by atomic mass is 10.3. The zero-order valence-electron chi connectivity index (χ0n) is 12.9. The Hall–Kier alpha value is -2.37. The van der Waals surface area contributed by atoms with Gasteiger partial charge in [-0.2, -0.15) is 0 Å². The number of aliphatic imine (C=N–C) groups is 1. The number of imidazole rings is 1. The van der Waals surface area contributed by atoms with Crippen molar-refractivity contribution >= 4 is 5.96 Å². The summed E-state index contributed by atoms with van der Waals surface area (Å²) in [4.78, 5) is 13.1. The van der Waals surface area contributed by atoms with Gasteiger partial charge in [-0.15, -0.1) is 0 Å². The smallest absolute Gasteiger partial charge is 0.191 e. The van der Waals surface area contributed by atoms with Gasteiger partial charge in [0.2, 0.25) is 0 Å². The zero-order valence-corrected chi connectivity index (χ0v) is 12.9. The lowest BCUT2D eigenvalue weighted by Gasteiger charge is -2.10. The number of guanidine groups is 1. The van der Waals surface area contributed by atoms with E-state index in [1.165, 1.54) is 12.8 Å². The van der Waals surface area contributed by atoms with Crippen LogP contribution in [0.2, 0.25) is 0 Å². The molecule has 22 heavy (non-hydrogen) atoms. The van der Waals surface area contributed by atoms with Crippen molar-refractivity contribution in [3.63, 3.8) is 0 Å². The molecule has 0 unspecified atom stereocenters. The SMILES string of the molecule is CCNC(=NCc1ccc(-n2ccnc2)nc1)NCC1CC1. The summed E-state index contributed by atoms with van der Waals surface area (Å²) in [5.41, 5.74) is 1.09. The number of hydrogen-bond donors (Lipinski definition) is 2. The summed E-state index contributed by atoms with van der Waals surface area (Å²) in [6.07, 6.45) is 9.91. The van der Waals surface area contributed by atoms with E-state index in [-0.39, 0.29) is 0 Å². The molecule has 116 valence electrons. The normalized spacial score (nSPS) is 14.9. The van der Waals surface area contributed by atoms with Crippen molar-refractivity contribution in [1.82, 2.24) is 25.2 Å². The van der Waals surface area contributed by atoms with Crippen LogP contribution < -0.4 is 10.6 Å². The van der Waals surface area contributed by atoms with Crippen LogP contribution in [0.3, 0.4) is 0 Å².